The zero-order valence-corrected chi connectivity index (χ0v) is 15.4. The summed E-state index contributed by atoms with van der Waals surface area (Å²) in [6, 6.07) is 3.19. The van der Waals surface area contributed by atoms with Crippen molar-refractivity contribution in [2.45, 2.75) is 13.3 Å². The fourth-order valence-electron chi connectivity index (χ4n) is 2.54. The second-order valence-corrected chi connectivity index (χ2v) is 5.94. The number of imide groups is 1. The molecule has 0 bridgehead atoms. The minimum Gasteiger partial charge on any atom is -0.452 e. The van der Waals surface area contributed by atoms with Gasteiger partial charge in [0.2, 0.25) is 0 Å². The summed E-state index contributed by atoms with van der Waals surface area (Å²) in [5.41, 5.74) is 0.159. The van der Waals surface area contributed by atoms with Gasteiger partial charge in [0.25, 0.3) is 11.6 Å². The molecule has 0 aliphatic carbocycles. The predicted molar refractivity (Wildman–Crippen MR) is 98.2 cm³/mol. The third-order valence-electron chi connectivity index (χ3n) is 3.89. The van der Waals surface area contributed by atoms with Crippen LogP contribution in [0.5, 0.6) is 0 Å². The van der Waals surface area contributed by atoms with Crippen molar-refractivity contribution in [3.63, 3.8) is 0 Å². The Kier molecular flexibility index (Phi) is 7.69. The minimum absolute atomic E-state index is 0.0284. The van der Waals surface area contributed by atoms with Gasteiger partial charge in [-0.1, -0.05) is 6.92 Å². The SMILES string of the molecule is CCCNC(=O)NC(=O)COC(=O)c1cc([N+](=O)[O-])ccc1N1CCOCC1. The number of esters is 1. The van der Waals surface area contributed by atoms with Crippen molar-refractivity contribution in [1.82, 2.24) is 10.6 Å². The molecular formula is C17H22N4O7. The molecule has 0 spiro atoms. The molecule has 1 aromatic carbocycles. The van der Waals surface area contributed by atoms with E-state index >= 15 is 0 Å². The summed E-state index contributed by atoms with van der Waals surface area (Å²) in [6.45, 7) is 3.50. The van der Waals surface area contributed by atoms with E-state index in [1.165, 1.54) is 12.1 Å². The lowest BCUT2D eigenvalue weighted by atomic mass is 10.1. The van der Waals surface area contributed by atoms with E-state index in [-0.39, 0.29) is 11.3 Å². The maximum atomic E-state index is 12.5. The first-order chi connectivity index (χ1) is 13.4. The number of morpholine rings is 1. The number of carbonyl (C=O) groups excluding carboxylic acids is 3. The van der Waals surface area contributed by atoms with Crippen LogP contribution in [0.15, 0.2) is 18.2 Å². The molecule has 1 aliphatic rings. The Morgan fingerprint density at radius 2 is 2.00 bits per heavy atom. The first-order valence-electron chi connectivity index (χ1n) is 8.78. The third-order valence-corrected chi connectivity index (χ3v) is 3.89. The van der Waals surface area contributed by atoms with Crippen LogP contribution in [0.4, 0.5) is 16.2 Å². The monoisotopic (exact) mass is 394 g/mol. The third kappa shape index (κ3) is 5.91. The number of nitro groups is 1. The molecule has 2 rings (SSSR count). The van der Waals surface area contributed by atoms with Crippen LogP contribution in [0, 0.1) is 10.1 Å². The molecule has 11 heteroatoms. The highest BCUT2D eigenvalue weighted by Crippen LogP contribution is 2.27. The molecule has 0 aromatic heterocycles. The standard InChI is InChI=1S/C17H22N4O7/c1-2-5-18-17(24)19-15(22)11-28-16(23)13-10-12(21(25)26)3-4-14(13)20-6-8-27-9-7-20/h3-4,10H,2,5-9,11H2,1H3,(H2,18,19,22,24). The van der Waals surface area contributed by atoms with Crippen LogP contribution in [-0.4, -0.2) is 62.3 Å². The van der Waals surface area contributed by atoms with Gasteiger partial charge in [-0.25, -0.2) is 9.59 Å². The van der Waals surface area contributed by atoms with E-state index in [0.29, 0.717) is 45.0 Å². The average molecular weight is 394 g/mol. The molecule has 3 amide bonds. The van der Waals surface area contributed by atoms with Crippen molar-refractivity contribution in [3.8, 4) is 0 Å². The molecule has 0 atom stereocenters. The summed E-state index contributed by atoms with van der Waals surface area (Å²) in [4.78, 5) is 47.9. The first-order valence-corrected chi connectivity index (χ1v) is 8.78. The van der Waals surface area contributed by atoms with Gasteiger partial charge < -0.3 is 19.7 Å². The molecule has 1 fully saturated rings. The van der Waals surface area contributed by atoms with Crippen molar-refractivity contribution in [2.75, 3.05) is 44.4 Å². The van der Waals surface area contributed by atoms with Crippen LogP contribution in [-0.2, 0) is 14.3 Å². The fourth-order valence-corrected chi connectivity index (χ4v) is 2.54. The topological polar surface area (TPSA) is 140 Å². The Balaban J connectivity index is 2.07. The number of ether oxygens (including phenoxy) is 2. The molecule has 1 aliphatic heterocycles. The highest BCUT2D eigenvalue weighted by molar-refractivity contribution is 5.99. The number of carbonyl (C=O) groups is 3. The lowest BCUT2D eigenvalue weighted by Crippen LogP contribution is -2.41. The Morgan fingerprint density at radius 1 is 1.29 bits per heavy atom. The zero-order chi connectivity index (χ0) is 20.5. The summed E-state index contributed by atoms with van der Waals surface area (Å²) in [5.74, 6) is -1.70. The second-order valence-electron chi connectivity index (χ2n) is 5.94. The Labute approximate surface area is 161 Å². The summed E-state index contributed by atoms with van der Waals surface area (Å²) in [6.07, 6.45) is 0.702. The first kappa shape index (κ1) is 21.1. The number of non-ortho nitro benzene ring substituents is 1. The lowest BCUT2D eigenvalue weighted by molar-refractivity contribution is -0.384. The fraction of sp³-hybridized carbons (Fsp3) is 0.471. The lowest BCUT2D eigenvalue weighted by Gasteiger charge is -2.30. The summed E-state index contributed by atoms with van der Waals surface area (Å²) in [5, 5.41) is 15.5. The highest BCUT2D eigenvalue weighted by Gasteiger charge is 2.23. The Morgan fingerprint density at radius 3 is 2.64 bits per heavy atom. The zero-order valence-electron chi connectivity index (χ0n) is 15.4. The molecule has 0 unspecified atom stereocenters. The van der Waals surface area contributed by atoms with Crippen LogP contribution in [0.1, 0.15) is 23.7 Å². The molecular weight excluding hydrogens is 372 g/mol. The highest BCUT2D eigenvalue weighted by atomic mass is 16.6. The van der Waals surface area contributed by atoms with Gasteiger partial charge in [-0.15, -0.1) is 0 Å². The number of urea groups is 1. The molecule has 11 nitrogen and oxygen atoms in total. The number of nitrogens with zero attached hydrogens (tertiary/aromatic N) is 2. The Hall–Kier alpha value is -3.21. The van der Waals surface area contributed by atoms with Gasteiger partial charge in [-0.2, -0.15) is 0 Å². The number of hydrogen-bond acceptors (Lipinski definition) is 8. The second kappa shape index (κ2) is 10.2. The van der Waals surface area contributed by atoms with E-state index in [9.17, 15) is 24.5 Å². The summed E-state index contributed by atoms with van der Waals surface area (Å²) < 4.78 is 10.2. The normalized spacial score (nSPS) is 13.5. The maximum absolute atomic E-state index is 12.5. The quantitative estimate of drug-likeness (QED) is 0.394. The smallest absolute Gasteiger partial charge is 0.341 e. The largest absolute Gasteiger partial charge is 0.452 e. The van der Waals surface area contributed by atoms with E-state index in [0.717, 1.165) is 6.07 Å². The number of benzene rings is 1. The summed E-state index contributed by atoms with van der Waals surface area (Å²) in [7, 11) is 0. The van der Waals surface area contributed by atoms with Crippen LogP contribution in [0.25, 0.3) is 0 Å². The molecule has 152 valence electrons. The number of anilines is 1. The van der Waals surface area contributed by atoms with Gasteiger partial charge in [0.1, 0.15) is 0 Å². The van der Waals surface area contributed by atoms with Gasteiger partial charge >= 0.3 is 12.0 Å². The van der Waals surface area contributed by atoms with Gasteiger partial charge in [0.15, 0.2) is 6.61 Å². The molecule has 2 N–H and O–H groups in total. The van der Waals surface area contributed by atoms with Gasteiger partial charge in [-0.05, 0) is 12.5 Å². The van der Waals surface area contributed by atoms with Crippen molar-refractivity contribution in [1.29, 1.82) is 0 Å². The minimum atomic E-state index is -0.894. The molecule has 28 heavy (non-hydrogen) atoms. The van der Waals surface area contributed by atoms with Crippen molar-refractivity contribution >= 4 is 29.3 Å². The molecule has 0 radical (unpaired) electrons. The van der Waals surface area contributed by atoms with E-state index in [1.807, 2.05) is 17.1 Å². The molecule has 1 saturated heterocycles. The molecule has 1 aromatic rings. The van der Waals surface area contributed by atoms with Crippen molar-refractivity contribution < 1.29 is 28.8 Å². The Bertz CT molecular complexity index is 747. The van der Waals surface area contributed by atoms with Gasteiger partial charge in [0, 0.05) is 31.8 Å². The van der Waals surface area contributed by atoms with Crippen molar-refractivity contribution in [2.24, 2.45) is 0 Å². The van der Waals surface area contributed by atoms with E-state index < -0.39 is 29.4 Å². The number of amides is 3. The number of rotatable bonds is 7. The molecule has 0 saturated carbocycles. The number of nitro benzene ring substituents is 1. The van der Waals surface area contributed by atoms with Crippen molar-refractivity contribution in [3.05, 3.63) is 33.9 Å². The number of nitrogens with one attached hydrogen (secondary N) is 2. The average Bonchev–Trinajstić information content (AvgIpc) is 2.70. The van der Waals surface area contributed by atoms with E-state index in [4.69, 9.17) is 9.47 Å². The number of hydrogen-bond donors (Lipinski definition) is 2. The van der Waals surface area contributed by atoms with E-state index in [2.05, 4.69) is 5.32 Å². The van der Waals surface area contributed by atoms with Crippen LogP contribution < -0.4 is 15.5 Å². The van der Waals surface area contributed by atoms with Crippen LogP contribution >= 0.6 is 0 Å². The van der Waals surface area contributed by atoms with Gasteiger partial charge in [-0.3, -0.25) is 20.2 Å². The predicted octanol–water partition coefficient (Wildman–Crippen LogP) is 0.824. The summed E-state index contributed by atoms with van der Waals surface area (Å²) >= 11 is 0. The van der Waals surface area contributed by atoms with Crippen LogP contribution in [0.3, 0.4) is 0 Å². The van der Waals surface area contributed by atoms with Gasteiger partial charge in [0.05, 0.1) is 29.4 Å². The van der Waals surface area contributed by atoms with Crippen LogP contribution in [0.2, 0.25) is 0 Å². The van der Waals surface area contributed by atoms with E-state index in [1.54, 1.807) is 0 Å². The molecule has 1 heterocycles. The maximum Gasteiger partial charge on any atom is 0.341 e.